The summed E-state index contributed by atoms with van der Waals surface area (Å²) in [7, 11) is 0. The highest BCUT2D eigenvalue weighted by Crippen LogP contribution is 2.34. The lowest BCUT2D eigenvalue weighted by molar-refractivity contribution is 1.29. The number of anilines is 1. The quantitative estimate of drug-likeness (QED) is 0.775. The highest BCUT2D eigenvalue weighted by Gasteiger charge is 2.12. The molecule has 3 heteroatoms. The van der Waals surface area contributed by atoms with Crippen LogP contribution >= 0.6 is 15.9 Å². The van der Waals surface area contributed by atoms with E-state index in [2.05, 4.69) is 50.5 Å². The second-order valence-corrected chi connectivity index (χ2v) is 4.36. The Kier molecular flexibility index (Phi) is 3.79. The van der Waals surface area contributed by atoms with E-state index in [1.165, 1.54) is 5.56 Å². The van der Waals surface area contributed by atoms with E-state index in [0.717, 1.165) is 27.6 Å². The summed E-state index contributed by atoms with van der Waals surface area (Å²) in [5.74, 6) is 0. The fourth-order valence-electron chi connectivity index (χ4n) is 1.88. The molecule has 0 radical (unpaired) electrons. The number of nitrogens with zero attached hydrogens (tertiary/aromatic N) is 1. The predicted octanol–water partition coefficient (Wildman–Crippen LogP) is 4.46. The third kappa shape index (κ3) is 2.20. The van der Waals surface area contributed by atoms with Crippen molar-refractivity contribution in [1.29, 1.82) is 0 Å². The monoisotopic (exact) mass is 290 g/mol. The van der Waals surface area contributed by atoms with Crippen molar-refractivity contribution in [2.75, 3.05) is 11.9 Å². The Bertz CT molecular complexity index is 561. The lowest BCUT2D eigenvalue weighted by atomic mass is 10.1. The highest BCUT2D eigenvalue weighted by molar-refractivity contribution is 9.10. The molecule has 1 N–H and O–H groups in total. The molecular weight excluding hydrogens is 276 g/mol. The molecule has 1 aliphatic heterocycles. The van der Waals surface area contributed by atoms with Gasteiger partial charge < -0.3 is 5.32 Å². The summed E-state index contributed by atoms with van der Waals surface area (Å²) in [6, 6.07) is 6.14. The molecule has 1 aromatic carbocycles. The van der Waals surface area contributed by atoms with Crippen LogP contribution in [0.5, 0.6) is 0 Å². The van der Waals surface area contributed by atoms with Gasteiger partial charge in [-0.2, -0.15) is 0 Å². The Morgan fingerprint density at radius 1 is 1.35 bits per heavy atom. The first-order valence-corrected chi connectivity index (χ1v) is 6.63. The van der Waals surface area contributed by atoms with Crippen molar-refractivity contribution in [2.45, 2.75) is 13.8 Å². The van der Waals surface area contributed by atoms with Crippen LogP contribution in [0.4, 0.5) is 5.69 Å². The number of nitrogens with one attached hydrogen (secondary N) is 1. The van der Waals surface area contributed by atoms with Crippen molar-refractivity contribution in [1.82, 2.24) is 4.98 Å². The largest absolute Gasteiger partial charge is 0.379 e. The van der Waals surface area contributed by atoms with Gasteiger partial charge in [-0.3, -0.25) is 4.98 Å². The van der Waals surface area contributed by atoms with Crippen LogP contribution in [-0.2, 0) is 0 Å². The number of hydrogen-bond donors (Lipinski definition) is 1. The highest BCUT2D eigenvalue weighted by atomic mass is 79.9. The molecule has 1 aromatic heterocycles. The number of halogens is 1. The lowest BCUT2D eigenvalue weighted by Gasteiger charge is -2.16. The van der Waals surface area contributed by atoms with Gasteiger partial charge in [0.2, 0.25) is 0 Å². The summed E-state index contributed by atoms with van der Waals surface area (Å²) in [5.41, 5.74) is 3.36. The maximum absolute atomic E-state index is 4.42. The van der Waals surface area contributed by atoms with Gasteiger partial charge in [-0.15, -0.1) is 0 Å². The molecule has 0 amide bonds. The van der Waals surface area contributed by atoms with E-state index in [0.29, 0.717) is 0 Å². The Balaban J connectivity index is 0.000000514. The zero-order valence-corrected chi connectivity index (χ0v) is 11.6. The summed E-state index contributed by atoms with van der Waals surface area (Å²) in [5, 5.41) is 4.53. The van der Waals surface area contributed by atoms with Crippen LogP contribution in [-0.4, -0.2) is 11.5 Å². The van der Waals surface area contributed by atoms with Gasteiger partial charge in [0.1, 0.15) is 0 Å². The average Bonchev–Trinajstić information content (AvgIpc) is 2.42. The number of benzene rings is 1. The van der Waals surface area contributed by atoms with Crippen molar-refractivity contribution in [2.24, 2.45) is 0 Å². The minimum Gasteiger partial charge on any atom is -0.379 e. The van der Waals surface area contributed by atoms with Crippen LogP contribution in [0.2, 0.25) is 0 Å². The van der Waals surface area contributed by atoms with E-state index in [1.807, 2.05) is 26.1 Å². The van der Waals surface area contributed by atoms with Crippen LogP contribution in [0.25, 0.3) is 17.0 Å². The van der Waals surface area contributed by atoms with Crippen molar-refractivity contribution >= 4 is 38.6 Å². The van der Waals surface area contributed by atoms with Gasteiger partial charge in [0.05, 0.1) is 11.2 Å². The summed E-state index contributed by atoms with van der Waals surface area (Å²) < 4.78 is 1.11. The number of rotatable bonds is 0. The molecule has 0 spiro atoms. The topological polar surface area (TPSA) is 24.9 Å². The first-order valence-electron chi connectivity index (χ1n) is 5.84. The second kappa shape index (κ2) is 5.32. The van der Waals surface area contributed by atoms with Gasteiger partial charge in [0.25, 0.3) is 0 Å². The maximum atomic E-state index is 4.42. The van der Waals surface area contributed by atoms with Gasteiger partial charge in [-0.05, 0) is 12.1 Å². The molecule has 3 rings (SSSR count). The molecule has 0 atom stereocenters. The van der Waals surface area contributed by atoms with Gasteiger partial charge in [0, 0.05) is 28.2 Å². The summed E-state index contributed by atoms with van der Waals surface area (Å²) >= 11 is 3.58. The first kappa shape index (κ1) is 12.1. The first-order chi connectivity index (χ1) is 8.36. The van der Waals surface area contributed by atoms with Gasteiger partial charge in [0.15, 0.2) is 0 Å². The summed E-state index contributed by atoms with van der Waals surface area (Å²) in [4.78, 5) is 4.42. The van der Waals surface area contributed by atoms with E-state index in [9.17, 15) is 0 Å². The SMILES string of the molecule is Brc1cc2cccnc2c2c1C=CCN2.CC. The molecular formula is C14H15BrN2. The molecule has 0 aliphatic carbocycles. The fraction of sp³-hybridized carbons (Fsp3) is 0.214. The van der Waals surface area contributed by atoms with Crippen molar-refractivity contribution < 1.29 is 0 Å². The van der Waals surface area contributed by atoms with E-state index in [4.69, 9.17) is 0 Å². The van der Waals surface area contributed by atoms with Crippen molar-refractivity contribution in [3.05, 3.63) is 40.5 Å². The molecule has 0 saturated heterocycles. The molecule has 88 valence electrons. The minimum absolute atomic E-state index is 0.870. The Hall–Kier alpha value is -1.35. The Labute approximate surface area is 110 Å². The average molecular weight is 291 g/mol. The molecule has 0 saturated carbocycles. The van der Waals surface area contributed by atoms with Crippen LogP contribution in [0, 0.1) is 0 Å². The van der Waals surface area contributed by atoms with Gasteiger partial charge >= 0.3 is 0 Å². The summed E-state index contributed by atoms with van der Waals surface area (Å²) in [6.45, 7) is 4.87. The van der Waals surface area contributed by atoms with Gasteiger partial charge in [-0.1, -0.05) is 48.0 Å². The van der Waals surface area contributed by atoms with E-state index in [1.54, 1.807) is 0 Å². The normalized spacial score (nSPS) is 12.4. The van der Waals surface area contributed by atoms with E-state index >= 15 is 0 Å². The molecule has 1 aliphatic rings. The number of aromatic nitrogens is 1. The molecule has 0 bridgehead atoms. The van der Waals surface area contributed by atoms with E-state index < -0.39 is 0 Å². The molecule has 2 nitrogen and oxygen atoms in total. The molecule has 0 unspecified atom stereocenters. The molecule has 17 heavy (non-hydrogen) atoms. The Morgan fingerprint density at radius 2 is 2.18 bits per heavy atom. The third-order valence-electron chi connectivity index (χ3n) is 2.57. The van der Waals surface area contributed by atoms with Crippen LogP contribution in [0.3, 0.4) is 0 Å². The zero-order valence-electron chi connectivity index (χ0n) is 10.00. The molecule has 2 heterocycles. The smallest absolute Gasteiger partial charge is 0.0940 e. The van der Waals surface area contributed by atoms with Crippen molar-refractivity contribution in [3.8, 4) is 0 Å². The lowest BCUT2D eigenvalue weighted by Crippen LogP contribution is -2.06. The zero-order chi connectivity index (χ0) is 12.3. The fourth-order valence-corrected chi connectivity index (χ4v) is 2.46. The number of hydrogen-bond acceptors (Lipinski definition) is 2. The minimum atomic E-state index is 0.870. The van der Waals surface area contributed by atoms with E-state index in [-0.39, 0.29) is 0 Å². The number of pyridine rings is 1. The predicted molar refractivity (Wildman–Crippen MR) is 78.3 cm³/mol. The second-order valence-electron chi connectivity index (χ2n) is 3.51. The number of fused-ring (bicyclic) bond motifs is 3. The molecule has 0 fully saturated rings. The van der Waals surface area contributed by atoms with Crippen molar-refractivity contribution in [3.63, 3.8) is 0 Å². The Morgan fingerprint density at radius 3 is 3.00 bits per heavy atom. The van der Waals surface area contributed by atoms with Gasteiger partial charge in [-0.25, -0.2) is 0 Å². The van der Waals surface area contributed by atoms with Crippen LogP contribution in [0.1, 0.15) is 19.4 Å². The summed E-state index contributed by atoms with van der Waals surface area (Å²) in [6.07, 6.45) is 6.07. The standard InChI is InChI=1S/C12H9BrN2.C2H6/c13-10-7-8-3-1-5-14-11(8)12-9(10)4-2-6-15-12;1-2/h1-5,7,15H,6H2;1-2H3. The maximum Gasteiger partial charge on any atom is 0.0940 e. The van der Waals surface area contributed by atoms with Crippen LogP contribution in [0.15, 0.2) is 34.9 Å². The third-order valence-corrected chi connectivity index (χ3v) is 3.22. The van der Waals surface area contributed by atoms with Crippen LogP contribution < -0.4 is 5.32 Å². The molecule has 2 aromatic rings.